The molecule has 2 amide bonds. The van der Waals surface area contributed by atoms with Gasteiger partial charge in [0.05, 0.1) is 0 Å². The first-order valence-corrected chi connectivity index (χ1v) is 11.0. The van der Waals surface area contributed by atoms with Crippen molar-refractivity contribution in [1.29, 1.82) is 0 Å². The smallest absolute Gasteiger partial charge is 0.263 e. The van der Waals surface area contributed by atoms with Crippen molar-refractivity contribution in [2.45, 2.75) is 54.1 Å². The monoisotopic (exact) mass is 423 g/mol. The highest BCUT2D eigenvalue weighted by molar-refractivity contribution is 5.97. The Kier molecular flexibility index (Phi) is 6.98. The summed E-state index contributed by atoms with van der Waals surface area (Å²) >= 11 is 0. The van der Waals surface area contributed by atoms with Crippen molar-refractivity contribution in [2.75, 3.05) is 19.6 Å². The number of hydrogen-bond donors (Lipinski definition) is 0. The number of carbonyl (C=O) groups is 2. The molecule has 2 heterocycles. The molecular formula is C25H33N3O3. The molecule has 166 valence electrons. The second-order valence-electron chi connectivity index (χ2n) is 9.02. The van der Waals surface area contributed by atoms with Gasteiger partial charge in [-0.15, -0.1) is 0 Å². The molecule has 1 saturated heterocycles. The van der Waals surface area contributed by atoms with Crippen LogP contribution in [0.4, 0.5) is 0 Å². The van der Waals surface area contributed by atoms with Gasteiger partial charge in [0.2, 0.25) is 5.91 Å². The molecule has 1 aliphatic heterocycles. The number of piperazine rings is 1. The summed E-state index contributed by atoms with van der Waals surface area (Å²) < 4.78 is 1.61. The first-order chi connectivity index (χ1) is 14.7. The van der Waals surface area contributed by atoms with Gasteiger partial charge in [-0.3, -0.25) is 14.4 Å². The van der Waals surface area contributed by atoms with Gasteiger partial charge in [-0.1, -0.05) is 32.0 Å². The molecule has 1 aromatic carbocycles. The Labute approximate surface area is 184 Å². The van der Waals surface area contributed by atoms with E-state index in [1.165, 1.54) is 16.0 Å². The van der Waals surface area contributed by atoms with Crippen LogP contribution >= 0.6 is 0 Å². The number of hydrogen-bond acceptors (Lipinski definition) is 3. The predicted octanol–water partition coefficient (Wildman–Crippen LogP) is 3.30. The quantitative estimate of drug-likeness (QED) is 0.716. The molecule has 0 saturated carbocycles. The fraction of sp³-hybridized carbons (Fsp3) is 0.480. The summed E-state index contributed by atoms with van der Waals surface area (Å²) in [6.45, 7) is 12.1. The van der Waals surface area contributed by atoms with Crippen LogP contribution in [0.3, 0.4) is 0 Å². The van der Waals surface area contributed by atoms with E-state index in [1.807, 2.05) is 12.1 Å². The second kappa shape index (κ2) is 9.50. The maximum absolute atomic E-state index is 13.2. The van der Waals surface area contributed by atoms with Crippen LogP contribution in [-0.4, -0.2) is 45.8 Å². The molecular weight excluding hydrogens is 390 g/mol. The Morgan fingerprint density at radius 2 is 1.74 bits per heavy atom. The highest BCUT2D eigenvalue weighted by atomic mass is 16.2. The first-order valence-electron chi connectivity index (χ1n) is 11.0. The number of aromatic nitrogens is 1. The summed E-state index contributed by atoms with van der Waals surface area (Å²) in [4.78, 5) is 42.2. The fourth-order valence-corrected chi connectivity index (χ4v) is 3.83. The molecule has 0 spiro atoms. The summed E-state index contributed by atoms with van der Waals surface area (Å²) in [5, 5.41) is 0. The Hall–Kier alpha value is -2.89. The number of aryl methyl sites for hydroxylation is 4. The molecule has 31 heavy (non-hydrogen) atoms. The van der Waals surface area contributed by atoms with Crippen LogP contribution < -0.4 is 5.56 Å². The lowest BCUT2D eigenvalue weighted by atomic mass is 10.1. The van der Waals surface area contributed by atoms with Gasteiger partial charge in [0.1, 0.15) is 12.1 Å². The van der Waals surface area contributed by atoms with Crippen molar-refractivity contribution in [2.24, 2.45) is 5.92 Å². The van der Waals surface area contributed by atoms with Crippen LogP contribution in [0.2, 0.25) is 0 Å². The predicted molar refractivity (Wildman–Crippen MR) is 122 cm³/mol. The van der Waals surface area contributed by atoms with Crippen molar-refractivity contribution in [3.8, 4) is 0 Å². The Morgan fingerprint density at radius 3 is 2.39 bits per heavy atom. The van der Waals surface area contributed by atoms with Crippen LogP contribution in [0, 0.1) is 26.7 Å². The van der Waals surface area contributed by atoms with E-state index in [-0.39, 0.29) is 29.5 Å². The molecule has 3 rings (SSSR count). The van der Waals surface area contributed by atoms with Crippen LogP contribution in [0.25, 0.3) is 0 Å². The molecule has 1 aliphatic rings. The molecule has 2 aromatic rings. The van der Waals surface area contributed by atoms with Crippen LogP contribution in [-0.2, 0) is 17.9 Å². The van der Waals surface area contributed by atoms with Crippen LogP contribution in [0.5, 0.6) is 0 Å². The molecule has 0 unspecified atom stereocenters. The van der Waals surface area contributed by atoms with Crippen LogP contribution in [0.1, 0.15) is 52.9 Å². The summed E-state index contributed by atoms with van der Waals surface area (Å²) in [6.07, 6.45) is 2.62. The first kappa shape index (κ1) is 22.8. The van der Waals surface area contributed by atoms with E-state index >= 15 is 0 Å². The zero-order valence-corrected chi connectivity index (χ0v) is 19.3. The van der Waals surface area contributed by atoms with Crippen molar-refractivity contribution in [3.63, 3.8) is 0 Å². The van der Waals surface area contributed by atoms with Gasteiger partial charge in [-0.25, -0.2) is 0 Å². The van der Waals surface area contributed by atoms with Gasteiger partial charge in [-0.2, -0.15) is 0 Å². The topological polar surface area (TPSA) is 62.6 Å². The fourth-order valence-electron chi connectivity index (χ4n) is 3.83. The molecule has 6 heteroatoms. The highest BCUT2D eigenvalue weighted by Crippen LogP contribution is 2.16. The second-order valence-corrected chi connectivity index (χ2v) is 9.02. The van der Waals surface area contributed by atoms with Gasteiger partial charge >= 0.3 is 0 Å². The van der Waals surface area contributed by atoms with E-state index in [0.29, 0.717) is 37.7 Å². The number of nitrogens with zero attached hydrogens (tertiary/aromatic N) is 3. The zero-order chi connectivity index (χ0) is 22.7. The third-order valence-electron chi connectivity index (χ3n) is 6.09. The van der Waals surface area contributed by atoms with Gasteiger partial charge in [-0.05, 0) is 61.4 Å². The van der Waals surface area contributed by atoms with Gasteiger partial charge in [0.15, 0.2) is 0 Å². The summed E-state index contributed by atoms with van der Waals surface area (Å²) in [5.41, 5.74) is 4.08. The molecule has 1 fully saturated rings. The minimum absolute atomic E-state index is 0.00342. The standard InChI is InChI=1S/C25H33N3O3/c1-17(2)8-10-26-11-9-19(4)23(24(26)30)25(31)28-13-12-27(22(29)16-28)15-21-7-6-18(3)20(5)14-21/h6-7,9,11,14,17H,8,10,12-13,15-16H2,1-5H3. The molecule has 0 bridgehead atoms. The Bertz CT molecular complexity index is 1040. The molecule has 0 aliphatic carbocycles. The SMILES string of the molecule is Cc1ccc(CN2CCN(C(=O)c3c(C)ccn(CCC(C)C)c3=O)CC2=O)cc1C. The van der Waals surface area contributed by atoms with E-state index in [0.717, 1.165) is 12.0 Å². The minimum atomic E-state index is -0.347. The van der Waals surface area contributed by atoms with E-state index in [9.17, 15) is 14.4 Å². The van der Waals surface area contributed by atoms with Crippen molar-refractivity contribution < 1.29 is 9.59 Å². The Balaban J connectivity index is 1.72. The maximum atomic E-state index is 13.2. The highest BCUT2D eigenvalue weighted by Gasteiger charge is 2.30. The van der Waals surface area contributed by atoms with Gasteiger partial charge in [0, 0.05) is 32.4 Å². The van der Waals surface area contributed by atoms with Crippen molar-refractivity contribution >= 4 is 11.8 Å². The van der Waals surface area contributed by atoms with Gasteiger partial charge in [0.25, 0.3) is 11.5 Å². The van der Waals surface area contributed by atoms with Gasteiger partial charge < -0.3 is 14.4 Å². The van der Waals surface area contributed by atoms with E-state index in [2.05, 4.69) is 39.8 Å². The van der Waals surface area contributed by atoms with Crippen molar-refractivity contribution in [1.82, 2.24) is 14.4 Å². The zero-order valence-electron chi connectivity index (χ0n) is 19.3. The van der Waals surface area contributed by atoms with E-state index in [4.69, 9.17) is 0 Å². The normalized spacial score (nSPS) is 14.5. The maximum Gasteiger partial charge on any atom is 0.263 e. The molecule has 1 aromatic heterocycles. The van der Waals surface area contributed by atoms with Crippen LogP contribution in [0.15, 0.2) is 35.3 Å². The number of rotatable bonds is 6. The number of benzene rings is 1. The van der Waals surface area contributed by atoms with E-state index < -0.39 is 0 Å². The summed E-state index contributed by atoms with van der Waals surface area (Å²) in [5.74, 6) is 0.0301. The molecule has 0 atom stereocenters. The third-order valence-corrected chi connectivity index (χ3v) is 6.09. The Morgan fingerprint density at radius 1 is 1.00 bits per heavy atom. The average Bonchev–Trinajstić information content (AvgIpc) is 2.71. The lowest BCUT2D eigenvalue weighted by Gasteiger charge is -2.34. The third kappa shape index (κ3) is 5.24. The lowest BCUT2D eigenvalue weighted by molar-refractivity contribution is -0.135. The number of amides is 2. The molecule has 0 radical (unpaired) electrons. The van der Waals surface area contributed by atoms with Crippen molar-refractivity contribution in [3.05, 3.63) is 68.6 Å². The summed E-state index contributed by atoms with van der Waals surface area (Å²) in [6, 6.07) is 8.03. The van der Waals surface area contributed by atoms with E-state index in [1.54, 1.807) is 22.6 Å². The number of pyridine rings is 1. The number of carbonyl (C=O) groups excluding carboxylic acids is 2. The lowest BCUT2D eigenvalue weighted by Crippen LogP contribution is -2.52. The summed E-state index contributed by atoms with van der Waals surface area (Å²) in [7, 11) is 0. The largest absolute Gasteiger partial charge is 0.335 e. The molecule has 6 nitrogen and oxygen atoms in total. The minimum Gasteiger partial charge on any atom is -0.335 e. The average molecular weight is 424 g/mol. The molecule has 0 N–H and O–H groups in total.